The number of hydrogen-bond acceptors (Lipinski definition) is 6. The summed E-state index contributed by atoms with van der Waals surface area (Å²) in [6, 6.07) is 4.82. The first-order valence-corrected chi connectivity index (χ1v) is 6.62. The van der Waals surface area contributed by atoms with Gasteiger partial charge in [-0.05, 0) is 26.8 Å². The molecule has 0 aliphatic rings. The largest absolute Gasteiger partial charge is 0.487 e. The van der Waals surface area contributed by atoms with Crippen molar-refractivity contribution < 1.29 is 19.2 Å². The molecule has 0 amide bonds. The van der Waals surface area contributed by atoms with Crippen LogP contribution in [0.3, 0.4) is 0 Å². The summed E-state index contributed by atoms with van der Waals surface area (Å²) in [6.45, 7) is 5.20. The second kappa shape index (κ2) is 7.03. The van der Waals surface area contributed by atoms with Gasteiger partial charge in [0.1, 0.15) is 5.54 Å². The summed E-state index contributed by atoms with van der Waals surface area (Å²) < 4.78 is 10.3. The summed E-state index contributed by atoms with van der Waals surface area (Å²) in [6.07, 6.45) is 0.191. The lowest BCUT2D eigenvalue weighted by atomic mass is 10.0. The fourth-order valence-corrected chi connectivity index (χ4v) is 1.75. The van der Waals surface area contributed by atoms with Crippen molar-refractivity contribution in [2.45, 2.75) is 32.7 Å². The molecule has 2 N–H and O–H groups in total. The molecule has 0 bridgehead atoms. The molecule has 0 aliphatic carbocycles. The van der Waals surface area contributed by atoms with Gasteiger partial charge in [-0.1, -0.05) is 12.1 Å². The van der Waals surface area contributed by atoms with Crippen LogP contribution >= 0.6 is 0 Å². The van der Waals surface area contributed by atoms with Gasteiger partial charge in [-0.3, -0.25) is 14.9 Å². The zero-order valence-electron chi connectivity index (χ0n) is 12.4. The van der Waals surface area contributed by atoms with E-state index in [4.69, 9.17) is 15.2 Å². The Kier molecular flexibility index (Phi) is 5.66. The van der Waals surface area contributed by atoms with E-state index in [0.717, 1.165) is 0 Å². The van der Waals surface area contributed by atoms with Crippen molar-refractivity contribution in [2.24, 2.45) is 5.73 Å². The number of nitro benzene ring substituents is 1. The van der Waals surface area contributed by atoms with Crippen molar-refractivity contribution in [2.75, 3.05) is 13.2 Å². The number of aryl methyl sites for hydroxylation is 1. The molecule has 21 heavy (non-hydrogen) atoms. The second-order valence-corrected chi connectivity index (χ2v) is 4.92. The first-order valence-electron chi connectivity index (χ1n) is 6.62. The molecule has 1 atom stereocenters. The Morgan fingerprint density at radius 2 is 2.14 bits per heavy atom. The minimum Gasteiger partial charge on any atom is -0.487 e. The molecule has 0 saturated carbocycles. The molecule has 1 rings (SSSR count). The van der Waals surface area contributed by atoms with Crippen molar-refractivity contribution >= 4 is 11.7 Å². The molecule has 1 unspecified atom stereocenters. The van der Waals surface area contributed by atoms with Gasteiger partial charge in [-0.25, -0.2) is 0 Å². The maximum atomic E-state index is 11.6. The maximum Gasteiger partial charge on any atom is 0.325 e. The van der Waals surface area contributed by atoms with Gasteiger partial charge in [0, 0.05) is 12.0 Å². The maximum absolute atomic E-state index is 11.6. The predicted molar refractivity (Wildman–Crippen MR) is 77.2 cm³/mol. The number of nitro groups is 1. The highest BCUT2D eigenvalue weighted by molar-refractivity contribution is 5.79. The van der Waals surface area contributed by atoms with Crippen LogP contribution in [0.2, 0.25) is 0 Å². The number of benzene rings is 1. The van der Waals surface area contributed by atoms with Crippen molar-refractivity contribution in [3.05, 3.63) is 33.9 Å². The van der Waals surface area contributed by atoms with Crippen LogP contribution in [0, 0.1) is 17.0 Å². The molecule has 0 saturated heterocycles. The second-order valence-electron chi connectivity index (χ2n) is 4.92. The van der Waals surface area contributed by atoms with Gasteiger partial charge < -0.3 is 15.2 Å². The molecule has 7 heteroatoms. The van der Waals surface area contributed by atoms with Crippen LogP contribution in [0.15, 0.2) is 18.2 Å². The fourth-order valence-electron chi connectivity index (χ4n) is 1.75. The highest BCUT2D eigenvalue weighted by Gasteiger charge is 2.30. The first-order chi connectivity index (χ1) is 9.79. The normalized spacial score (nSPS) is 13.3. The molecular weight excluding hydrogens is 276 g/mol. The zero-order chi connectivity index (χ0) is 16.0. The van der Waals surface area contributed by atoms with E-state index in [1.54, 1.807) is 32.9 Å². The molecule has 0 aromatic heterocycles. The Morgan fingerprint density at radius 1 is 1.48 bits per heavy atom. The van der Waals surface area contributed by atoms with Crippen molar-refractivity contribution in [1.82, 2.24) is 0 Å². The lowest BCUT2D eigenvalue weighted by molar-refractivity contribution is -0.386. The lowest BCUT2D eigenvalue weighted by Crippen LogP contribution is -2.47. The number of esters is 1. The third kappa shape index (κ3) is 4.42. The quantitative estimate of drug-likeness (QED) is 0.468. The number of nitrogens with two attached hydrogens (primary N) is 1. The number of rotatable bonds is 7. The van der Waals surface area contributed by atoms with Gasteiger partial charge in [0.15, 0.2) is 5.75 Å². The van der Waals surface area contributed by atoms with Crippen molar-refractivity contribution in [1.29, 1.82) is 0 Å². The minimum atomic E-state index is -1.19. The van der Waals surface area contributed by atoms with Crippen LogP contribution < -0.4 is 10.5 Å². The standard InChI is InChI=1S/C14H20N2O5/c1-4-20-13(17)14(3,15)8-9-21-11-7-5-6-10(2)12(11)16(18)19/h5-7H,4,8-9,15H2,1-3H3. The monoisotopic (exact) mass is 296 g/mol. The van der Waals surface area contributed by atoms with E-state index in [1.807, 2.05) is 0 Å². The first kappa shape index (κ1) is 16.9. The smallest absolute Gasteiger partial charge is 0.325 e. The molecule has 0 heterocycles. The van der Waals surface area contributed by atoms with Crippen LogP contribution in [0.25, 0.3) is 0 Å². The lowest BCUT2D eigenvalue weighted by Gasteiger charge is -2.22. The number of para-hydroxylation sites is 1. The Morgan fingerprint density at radius 3 is 2.71 bits per heavy atom. The van der Waals surface area contributed by atoms with E-state index in [9.17, 15) is 14.9 Å². The summed E-state index contributed by atoms with van der Waals surface area (Å²) in [7, 11) is 0. The van der Waals surface area contributed by atoms with Crippen LogP contribution in [0.5, 0.6) is 5.75 Å². The molecule has 0 fully saturated rings. The summed E-state index contributed by atoms with van der Waals surface area (Å²) in [5.74, 6) is -0.355. The fraction of sp³-hybridized carbons (Fsp3) is 0.500. The Balaban J connectivity index is 2.71. The highest BCUT2D eigenvalue weighted by Crippen LogP contribution is 2.30. The Bertz CT molecular complexity index is 528. The third-order valence-electron chi connectivity index (χ3n) is 3.00. The molecule has 0 radical (unpaired) electrons. The summed E-state index contributed by atoms with van der Waals surface area (Å²) >= 11 is 0. The molecule has 116 valence electrons. The molecule has 7 nitrogen and oxygen atoms in total. The van der Waals surface area contributed by atoms with Gasteiger partial charge >= 0.3 is 11.7 Å². The van der Waals surface area contributed by atoms with E-state index in [0.29, 0.717) is 5.56 Å². The number of ether oxygens (including phenoxy) is 2. The van der Waals surface area contributed by atoms with Crippen LogP contribution in [0.1, 0.15) is 25.8 Å². The number of carbonyl (C=O) groups excluding carboxylic acids is 1. The van der Waals surface area contributed by atoms with Gasteiger partial charge in [0.2, 0.25) is 0 Å². The molecule has 1 aromatic carbocycles. The van der Waals surface area contributed by atoms with Crippen molar-refractivity contribution in [3.63, 3.8) is 0 Å². The topological polar surface area (TPSA) is 105 Å². The van der Waals surface area contributed by atoms with Crippen LogP contribution in [-0.4, -0.2) is 29.6 Å². The summed E-state index contributed by atoms with van der Waals surface area (Å²) in [4.78, 5) is 22.2. The van der Waals surface area contributed by atoms with E-state index in [1.165, 1.54) is 6.07 Å². The molecule has 0 spiro atoms. The average Bonchev–Trinajstić information content (AvgIpc) is 2.38. The summed E-state index contributed by atoms with van der Waals surface area (Å²) in [5.41, 5.74) is 5.10. The minimum absolute atomic E-state index is 0.0765. The number of hydrogen-bond donors (Lipinski definition) is 1. The van der Waals surface area contributed by atoms with E-state index in [-0.39, 0.29) is 31.1 Å². The zero-order valence-corrected chi connectivity index (χ0v) is 12.4. The van der Waals surface area contributed by atoms with Gasteiger partial charge in [-0.15, -0.1) is 0 Å². The predicted octanol–water partition coefficient (Wildman–Crippen LogP) is 1.95. The van der Waals surface area contributed by atoms with Gasteiger partial charge in [-0.2, -0.15) is 0 Å². The van der Waals surface area contributed by atoms with Gasteiger partial charge in [0.05, 0.1) is 18.1 Å². The Labute approximate surface area is 123 Å². The summed E-state index contributed by atoms with van der Waals surface area (Å²) in [5, 5.41) is 11.0. The Hall–Kier alpha value is -2.15. The van der Waals surface area contributed by atoms with Crippen molar-refractivity contribution in [3.8, 4) is 5.75 Å². The number of nitrogens with zero attached hydrogens (tertiary/aromatic N) is 1. The highest BCUT2D eigenvalue weighted by atomic mass is 16.6. The molecular formula is C14H20N2O5. The van der Waals surface area contributed by atoms with Crippen LogP contribution in [0.4, 0.5) is 5.69 Å². The van der Waals surface area contributed by atoms with E-state index >= 15 is 0 Å². The van der Waals surface area contributed by atoms with E-state index < -0.39 is 16.4 Å². The van der Waals surface area contributed by atoms with Gasteiger partial charge in [0.25, 0.3) is 0 Å². The van der Waals surface area contributed by atoms with Crippen LogP contribution in [-0.2, 0) is 9.53 Å². The number of carbonyl (C=O) groups is 1. The third-order valence-corrected chi connectivity index (χ3v) is 3.00. The molecule has 0 aliphatic heterocycles. The SMILES string of the molecule is CCOC(=O)C(C)(N)CCOc1cccc(C)c1[N+](=O)[O-]. The molecule has 1 aromatic rings. The van der Waals surface area contributed by atoms with E-state index in [2.05, 4.69) is 0 Å². The average molecular weight is 296 g/mol.